The fourth-order valence-electron chi connectivity index (χ4n) is 2.59. The van der Waals surface area contributed by atoms with Crippen LogP contribution in [0.15, 0.2) is 0 Å². The molecule has 1 atom stereocenters. The first-order chi connectivity index (χ1) is 9.72. The summed E-state index contributed by atoms with van der Waals surface area (Å²) < 4.78 is 31.4. The molecule has 0 aromatic rings. The topological polar surface area (TPSA) is 83.9 Å². The maximum Gasteiger partial charge on any atom is 0.318 e. The van der Waals surface area contributed by atoms with Crippen LogP contribution in [-0.2, 0) is 19.6 Å². The first-order valence-electron chi connectivity index (χ1n) is 7.55. The van der Waals surface area contributed by atoms with E-state index >= 15 is 0 Å². The number of carbonyl (C=O) groups is 1. The number of hydrogen-bond donors (Lipinski definition) is 1. The molecule has 0 aromatic carbocycles. The highest BCUT2D eigenvalue weighted by Gasteiger charge is 2.29. The van der Waals surface area contributed by atoms with Crippen molar-refractivity contribution in [3.63, 3.8) is 0 Å². The molecule has 1 aliphatic rings. The van der Waals surface area contributed by atoms with Crippen LogP contribution in [0.1, 0.15) is 46.5 Å². The minimum Gasteiger partial charge on any atom is -0.480 e. The highest BCUT2D eigenvalue weighted by molar-refractivity contribution is 7.89. The SMILES string of the molecule is CC(COC1CCCC1)CS(=O)(=O)N(CC(=O)O)C(C)C. The summed E-state index contributed by atoms with van der Waals surface area (Å²) in [5.74, 6) is -1.36. The average Bonchev–Trinajstić information content (AvgIpc) is 2.85. The van der Waals surface area contributed by atoms with Crippen molar-refractivity contribution in [2.75, 3.05) is 18.9 Å². The molecule has 21 heavy (non-hydrogen) atoms. The maximum atomic E-state index is 12.3. The van der Waals surface area contributed by atoms with Crippen LogP contribution in [-0.4, -0.2) is 54.8 Å². The van der Waals surface area contributed by atoms with E-state index in [1.807, 2.05) is 6.92 Å². The van der Waals surface area contributed by atoms with E-state index in [0.29, 0.717) is 6.61 Å². The van der Waals surface area contributed by atoms with Gasteiger partial charge >= 0.3 is 5.97 Å². The lowest BCUT2D eigenvalue weighted by Gasteiger charge is -2.26. The smallest absolute Gasteiger partial charge is 0.318 e. The van der Waals surface area contributed by atoms with Crippen LogP contribution in [0.4, 0.5) is 0 Å². The zero-order valence-electron chi connectivity index (χ0n) is 13.1. The fourth-order valence-corrected chi connectivity index (χ4v) is 4.55. The molecule has 1 N–H and O–H groups in total. The van der Waals surface area contributed by atoms with E-state index in [0.717, 1.165) is 17.1 Å². The summed E-state index contributed by atoms with van der Waals surface area (Å²) >= 11 is 0. The fraction of sp³-hybridized carbons (Fsp3) is 0.929. The summed E-state index contributed by atoms with van der Waals surface area (Å²) in [4.78, 5) is 10.8. The molecule has 0 aromatic heterocycles. The van der Waals surface area contributed by atoms with Crippen molar-refractivity contribution < 1.29 is 23.1 Å². The molecule has 1 rings (SSSR count). The van der Waals surface area contributed by atoms with Gasteiger partial charge in [0.1, 0.15) is 6.54 Å². The molecule has 0 aliphatic heterocycles. The van der Waals surface area contributed by atoms with Crippen LogP contribution in [0.3, 0.4) is 0 Å². The van der Waals surface area contributed by atoms with E-state index < -0.39 is 22.5 Å². The lowest BCUT2D eigenvalue weighted by atomic mass is 10.2. The molecule has 1 unspecified atom stereocenters. The summed E-state index contributed by atoms with van der Waals surface area (Å²) in [5, 5.41) is 8.85. The highest BCUT2D eigenvalue weighted by Crippen LogP contribution is 2.22. The molecule has 6 nitrogen and oxygen atoms in total. The van der Waals surface area contributed by atoms with Crippen LogP contribution in [0.5, 0.6) is 0 Å². The second-order valence-electron chi connectivity index (χ2n) is 6.16. The van der Waals surface area contributed by atoms with Crippen LogP contribution in [0, 0.1) is 5.92 Å². The Kier molecular flexibility index (Phi) is 7.09. The molecule has 0 amide bonds. The zero-order chi connectivity index (χ0) is 16.0. The number of carboxylic acids is 1. The second-order valence-corrected chi connectivity index (χ2v) is 8.12. The number of carboxylic acid groups (broad SMARTS) is 1. The molecule has 7 heteroatoms. The Balaban J connectivity index is 2.53. The predicted molar refractivity (Wildman–Crippen MR) is 80.6 cm³/mol. The Bertz CT molecular complexity index is 429. The zero-order valence-corrected chi connectivity index (χ0v) is 13.9. The Morgan fingerprint density at radius 3 is 2.33 bits per heavy atom. The van der Waals surface area contributed by atoms with E-state index in [4.69, 9.17) is 9.84 Å². The molecule has 0 saturated heterocycles. The van der Waals surface area contributed by atoms with Gasteiger partial charge in [-0.15, -0.1) is 0 Å². The van der Waals surface area contributed by atoms with Gasteiger partial charge in [-0.3, -0.25) is 4.79 Å². The standard InChI is InChI=1S/C14H27NO5S/c1-11(2)15(8-14(16)17)21(18,19)10-12(3)9-20-13-6-4-5-7-13/h11-13H,4-10H2,1-3H3,(H,16,17). The van der Waals surface area contributed by atoms with Gasteiger partial charge in [-0.2, -0.15) is 4.31 Å². The van der Waals surface area contributed by atoms with Gasteiger partial charge in [0, 0.05) is 6.04 Å². The normalized spacial score (nSPS) is 18.5. The lowest BCUT2D eigenvalue weighted by Crippen LogP contribution is -2.43. The molecule has 124 valence electrons. The van der Waals surface area contributed by atoms with Gasteiger partial charge in [-0.05, 0) is 32.6 Å². The average molecular weight is 321 g/mol. The minimum atomic E-state index is -3.59. The Labute approximate surface area is 127 Å². The number of ether oxygens (including phenoxy) is 1. The third kappa shape index (κ3) is 6.32. The van der Waals surface area contributed by atoms with Crippen molar-refractivity contribution in [3.8, 4) is 0 Å². The van der Waals surface area contributed by atoms with E-state index in [9.17, 15) is 13.2 Å². The Morgan fingerprint density at radius 2 is 1.86 bits per heavy atom. The first kappa shape index (κ1) is 18.4. The summed E-state index contributed by atoms with van der Waals surface area (Å²) in [6, 6.07) is -0.367. The van der Waals surface area contributed by atoms with E-state index in [-0.39, 0.29) is 23.8 Å². The monoisotopic (exact) mass is 321 g/mol. The third-order valence-electron chi connectivity index (χ3n) is 3.64. The molecule has 1 saturated carbocycles. The Morgan fingerprint density at radius 1 is 1.29 bits per heavy atom. The lowest BCUT2D eigenvalue weighted by molar-refractivity contribution is -0.137. The number of hydrogen-bond acceptors (Lipinski definition) is 4. The van der Waals surface area contributed by atoms with E-state index in [1.165, 1.54) is 12.8 Å². The molecule has 0 radical (unpaired) electrons. The predicted octanol–water partition coefficient (Wildman–Crippen LogP) is 1.71. The first-order valence-corrected chi connectivity index (χ1v) is 9.16. The maximum absolute atomic E-state index is 12.3. The van der Waals surface area contributed by atoms with Gasteiger partial charge in [-0.25, -0.2) is 8.42 Å². The van der Waals surface area contributed by atoms with Crippen LogP contribution in [0.25, 0.3) is 0 Å². The number of aliphatic carboxylic acids is 1. The molecular weight excluding hydrogens is 294 g/mol. The summed E-state index contributed by atoms with van der Waals surface area (Å²) in [5.41, 5.74) is 0. The highest BCUT2D eigenvalue weighted by atomic mass is 32.2. The third-order valence-corrected chi connectivity index (χ3v) is 5.89. The molecular formula is C14H27NO5S. The van der Waals surface area contributed by atoms with Crippen molar-refractivity contribution >= 4 is 16.0 Å². The summed E-state index contributed by atoms with van der Waals surface area (Å²) in [6.07, 6.45) is 4.72. The molecule has 1 fully saturated rings. The van der Waals surface area contributed by atoms with Crippen molar-refractivity contribution in [3.05, 3.63) is 0 Å². The van der Waals surface area contributed by atoms with Crippen LogP contribution >= 0.6 is 0 Å². The molecule has 0 bridgehead atoms. The summed E-state index contributed by atoms with van der Waals surface area (Å²) in [6.45, 7) is 5.10. The largest absolute Gasteiger partial charge is 0.480 e. The number of sulfonamides is 1. The molecule has 0 heterocycles. The van der Waals surface area contributed by atoms with Gasteiger partial charge in [0.05, 0.1) is 18.5 Å². The van der Waals surface area contributed by atoms with Crippen molar-refractivity contribution in [1.82, 2.24) is 4.31 Å². The van der Waals surface area contributed by atoms with Crippen molar-refractivity contribution in [1.29, 1.82) is 0 Å². The van der Waals surface area contributed by atoms with Gasteiger partial charge in [0.25, 0.3) is 0 Å². The quantitative estimate of drug-likeness (QED) is 0.699. The van der Waals surface area contributed by atoms with Crippen LogP contribution < -0.4 is 0 Å². The van der Waals surface area contributed by atoms with E-state index in [2.05, 4.69) is 0 Å². The van der Waals surface area contributed by atoms with Gasteiger partial charge in [0.15, 0.2) is 0 Å². The van der Waals surface area contributed by atoms with Crippen molar-refractivity contribution in [2.45, 2.75) is 58.6 Å². The minimum absolute atomic E-state index is 0.0782. The van der Waals surface area contributed by atoms with Crippen LogP contribution in [0.2, 0.25) is 0 Å². The van der Waals surface area contributed by atoms with Crippen molar-refractivity contribution in [2.24, 2.45) is 5.92 Å². The van der Waals surface area contributed by atoms with Gasteiger partial charge in [0.2, 0.25) is 10.0 Å². The number of nitrogens with zero attached hydrogens (tertiary/aromatic N) is 1. The second kappa shape index (κ2) is 8.10. The van der Waals surface area contributed by atoms with Gasteiger partial charge in [-0.1, -0.05) is 19.8 Å². The van der Waals surface area contributed by atoms with E-state index in [1.54, 1.807) is 13.8 Å². The number of rotatable bonds is 9. The summed E-state index contributed by atoms with van der Waals surface area (Å²) in [7, 11) is -3.59. The van der Waals surface area contributed by atoms with Gasteiger partial charge < -0.3 is 9.84 Å². The molecule has 0 spiro atoms. The molecule has 1 aliphatic carbocycles. The Hall–Kier alpha value is -0.660.